The number of nitrogens with one attached hydrogen (secondary N) is 4. The van der Waals surface area contributed by atoms with E-state index in [4.69, 9.17) is 51.8 Å². The maximum Gasteiger partial charge on any atom is 0.315 e. The molecule has 0 aliphatic carbocycles. The van der Waals surface area contributed by atoms with Crippen LogP contribution in [0.3, 0.4) is 0 Å². The van der Waals surface area contributed by atoms with E-state index >= 15 is 0 Å². The number of imidazole rings is 2. The van der Waals surface area contributed by atoms with Crippen molar-refractivity contribution in [3.05, 3.63) is 47.6 Å². The number of fused-ring (bicyclic) bond motifs is 6. The molecule has 5 aromatic rings. The Morgan fingerprint density at radius 2 is 1.25 bits per heavy atom. The van der Waals surface area contributed by atoms with Crippen LogP contribution in [0.25, 0.3) is 32.8 Å². The van der Waals surface area contributed by atoms with E-state index < -0.39 is 30.1 Å². The number of carbonyl (C=O) groups is 2. The summed E-state index contributed by atoms with van der Waals surface area (Å²) in [7, 11) is 0. The molecule has 14 atom stereocenters. The molecule has 5 aromatic heterocycles. The summed E-state index contributed by atoms with van der Waals surface area (Å²) in [5.41, 5.74) is 23.5. The Morgan fingerprint density at radius 1 is 0.725 bits per heavy atom. The summed E-state index contributed by atoms with van der Waals surface area (Å²) in [5.74, 6) is 3.84. The van der Waals surface area contributed by atoms with Crippen molar-refractivity contribution in [1.82, 2.24) is 75.3 Å². The molecule has 0 radical (unpaired) electrons. The molecule has 28 nitrogen and oxygen atoms in total. The lowest BCUT2D eigenvalue weighted by atomic mass is 10.0. The average molecular weight is 1140 g/mol. The number of ether oxygens (including phenoxy) is 6. The number of amides is 4. The van der Waals surface area contributed by atoms with Crippen LogP contribution in [0.5, 0.6) is 0 Å². The van der Waals surface area contributed by atoms with Gasteiger partial charge in [0.25, 0.3) is 0 Å². The molecule has 0 saturated carbocycles. The highest BCUT2D eigenvalue weighted by Crippen LogP contribution is 2.46. The van der Waals surface area contributed by atoms with Gasteiger partial charge in [0.05, 0.1) is 61.7 Å². The maximum absolute atomic E-state index is 11.6. The molecule has 13 heterocycles. The molecule has 0 spiro atoms. The first-order chi connectivity index (χ1) is 38.7. The number of urea groups is 2. The Hall–Kier alpha value is -6.29. The van der Waals surface area contributed by atoms with Crippen LogP contribution in [0.4, 0.5) is 21.2 Å². The second-order valence-electron chi connectivity index (χ2n) is 21.9. The fraction of sp³-hybridized carbons (Fsp3) is 0.680. The van der Waals surface area contributed by atoms with E-state index in [0.717, 1.165) is 62.1 Å². The van der Waals surface area contributed by atoms with Crippen molar-refractivity contribution in [3.8, 4) is 12.3 Å². The summed E-state index contributed by atoms with van der Waals surface area (Å²) < 4.78 is 42.3. The van der Waals surface area contributed by atoms with Crippen molar-refractivity contribution >= 4 is 69.5 Å². The number of hydrogen-bond donors (Lipinski definition) is 6. The molecule has 30 heteroatoms. The van der Waals surface area contributed by atoms with Gasteiger partial charge in [-0.1, -0.05) is 36.0 Å². The fourth-order valence-corrected chi connectivity index (χ4v) is 15.0. The number of nitrogens with two attached hydrogens (primary N) is 2. The van der Waals surface area contributed by atoms with Crippen LogP contribution in [0, 0.1) is 12.3 Å². The van der Waals surface area contributed by atoms with Crippen LogP contribution in [0.2, 0.25) is 0 Å². The molecule has 8 aliphatic rings. The first-order valence-corrected chi connectivity index (χ1v) is 29.3. The summed E-state index contributed by atoms with van der Waals surface area (Å²) >= 11 is 3.95. The third-order valence-electron chi connectivity index (χ3n) is 15.5. The van der Waals surface area contributed by atoms with E-state index in [1.807, 2.05) is 66.7 Å². The lowest BCUT2D eigenvalue weighted by Crippen LogP contribution is -2.36. The second-order valence-corrected chi connectivity index (χ2v) is 24.5. The Kier molecular flexibility index (Phi) is 16.4. The van der Waals surface area contributed by atoms with Crippen LogP contribution in [-0.2, 0) is 41.4 Å². The Labute approximate surface area is 469 Å². The molecule has 0 unspecified atom stereocenters. The number of anilines is 2. The zero-order chi connectivity index (χ0) is 55.7. The molecule has 80 heavy (non-hydrogen) atoms. The van der Waals surface area contributed by atoms with Crippen LogP contribution in [-0.4, -0.2) is 167 Å². The van der Waals surface area contributed by atoms with Gasteiger partial charge in [-0.25, -0.2) is 44.2 Å². The summed E-state index contributed by atoms with van der Waals surface area (Å²) in [5, 5.41) is 25.5. The maximum atomic E-state index is 11.6. The number of rotatable bonds is 17. The van der Waals surface area contributed by atoms with Gasteiger partial charge in [-0.2, -0.15) is 23.5 Å². The molecule has 8 fully saturated rings. The monoisotopic (exact) mass is 1140 g/mol. The molecule has 4 amide bonds. The van der Waals surface area contributed by atoms with E-state index in [-0.39, 0.29) is 61.2 Å². The Morgan fingerprint density at radius 3 is 1.80 bits per heavy atom. The Bertz CT molecular complexity index is 3110. The summed E-state index contributed by atoms with van der Waals surface area (Å²) in [4.78, 5) is 50.8. The van der Waals surface area contributed by atoms with Crippen molar-refractivity contribution in [2.75, 3.05) is 29.5 Å². The first-order valence-electron chi connectivity index (χ1n) is 27.2. The molecule has 0 bridgehead atoms. The number of nitrogen functional groups attached to an aromatic ring is 2. The third-order valence-corrected chi connectivity index (χ3v) is 18.5. The molecular formula is C50H68N20O8S2. The normalized spacial score (nSPS) is 31.8. The minimum Gasteiger partial charge on any atom is -0.382 e. The van der Waals surface area contributed by atoms with Gasteiger partial charge in [0.2, 0.25) is 0 Å². The number of terminal acetylenes is 1. The van der Waals surface area contributed by atoms with E-state index in [1.54, 1.807) is 17.2 Å². The van der Waals surface area contributed by atoms with Crippen LogP contribution in [0.15, 0.2) is 36.6 Å². The number of hydrogen-bond acceptors (Lipinski definition) is 21. The highest BCUT2D eigenvalue weighted by Gasteiger charge is 2.57. The zero-order valence-electron chi connectivity index (χ0n) is 44.9. The lowest BCUT2D eigenvalue weighted by molar-refractivity contribution is -0.197. The summed E-state index contributed by atoms with van der Waals surface area (Å²) in [6, 6.07) is 1.24. The average Bonchev–Trinajstić information content (AvgIpc) is 4.46. The predicted molar refractivity (Wildman–Crippen MR) is 294 cm³/mol. The molecule has 8 saturated heterocycles. The van der Waals surface area contributed by atoms with Gasteiger partial charge in [0, 0.05) is 39.5 Å². The minimum atomic E-state index is -0.754. The topological polar surface area (TPSA) is 356 Å². The molecular weight excluding hydrogens is 1070 g/mol. The standard InChI is InChI=1S/C25H34N10O4S.C13H16N8O3.C12H18N2OS/c1-25(2)38-19-15(37-23(20(19)39-25)35-12-29-18-21(26)27-11-28-22(18)35)9-34-8-13(32-33-34)6-4-3-5-7-16-17-14(10-40-16)30-24(36)31-17;1-13(2)23-8-6(3-19-20-15)22-12(9(8)24-13)21-5-18-7-10(14)16-4-17-11(7)21;1-2-3-4-5-6-7-10-11-9(8-16-10)13-12(15)14-11/h8,11-12,14-17,19-20,23H,3-7,9-10H2,1-2H3,(H2,26,27,28)(H2,30,31,36);4-6,8-9,12H,3H2,1-2H3,(H2,14,16,17);1,9-11H,3-8H2,(H2,13,14,15)/t14-,15-,16-,17-,19-,20-,23-;6-,8-,9-,12-;9-,10-,11-/m000/s1. The van der Waals surface area contributed by atoms with E-state index in [9.17, 15) is 9.59 Å². The SMILES string of the molecule is C#CCCCCC[C@@H]1SC[C@@H]2NC(=O)N[C@@H]21.CC1(C)O[C@@H]2[C@H](O1)[C@@H](n1cnc3c(N)ncnc31)O[C@H]2CN=[N+]=[N-].CC1(C)O[C@@H]2[C@H](O1)[C@@H](n1cnc3c(N)ncnc31)O[C@H]2Cn1cc(CCCCC[C@@H]2SC[C@@H]3NC(=O)N[C@@H]32)nn1. The quantitative estimate of drug-likeness (QED) is 0.0189. The number of aryl methyl sites for hydroxylation is 1. The van der Waals surface area contributed by atoms with Crippen LogP contribution in [0.1, 0.15) is 104 Å². The van der Waals surface area contributed by atoms with Gasteiger partial charge in [0.15, 0.2) is 47.0 Å². The van der Waals surface area contributed by atoms with Gasteiger partial charge in [0.1, 0.15) is 54.2 Å². The first kappa shape index (κ1) is 55.6. The van der Waals surface area contributed by atoms with E-state index in [0.29, 0.717) is 63.1 Å². The van der Waals surface area contributed by atoms with Gasteiger partial charge in [-0.05, 0) is 65.3 Å². The van der Waals surface area contributed by atoms with Gasteiger partial charge < -0.3 is 61.2 Å². The van der Waals surface area contributed by atoms with Crippen LogP contribution < -0.4 is 32.7 Å². The highest BCUT2D eigenvalue weighted by molar-refractivity contribution is 8.00. The predicted octanol–water partition coefficient (Wildman–Crippen LogP) is 4.26. The second kappa shape index (κ2) is 23.7. The van der Waals surface area contributed by atoms with Crippen molar-refractivity contribution < 1.29 is 38.0 Å². The van der Waals surface area contributed by atoms with E-state index in [1.165, 1.54) is 31.9 Å². The van der Waals surface area contributed by atoms with Crippen molar-refractivity contribution in [3.63, 3.8) is 0 Å². The van der Waals surface area contributed by atoms with Crippen LogP contribution >= 0.6 is 23.5 Å². The van der Waals surface area contributed by atoms with Crippen molar-refractivity contribution in [2.24, 2.45) is 5.11 Å². The molecule has 8 N–H and O–H groups in total. The molecule has 0 aromatic carbocycles. The van der Waals surface area contributed by atoms with Gasteiger partial charge in [-0.3, -0.25) is 9.13 Å². The third kappa shape index (κ3) is 11.9. The number of unbranched alkanes of at least 4 members (excludes halogenated alkanes) is 5. The highest BCUT2D eigenvalue weighted by atomic mass is 32.2. The number of thioether (sulfide) groups is 2. The lowest BCUT2D eigenvalue weighted by Gasteiger charge is -2.24. The molecule has 428 valence electrons. The minimum absolute atomic E-state index is 0.00707. The van der Waals surface area contributed by atoms with Crippen molar-refractivity contribution in [2.45, 2.75) is 194 Å². The summed E-state index contributed by atoms with van der Waals surface area (Å²) in [6.45, 7) is 8.11. The van der Waals surface area contributed by atoms with E-state index in [2.05, 4.69) is 77.4 Å². The molecule has 8 aliphatic heterocycles. The number of azide groups is 1. The molecule has 13 rings (SSSR count). The smallest absolute Gasteiger partial charge is 0.315 e. The number of carbonyl (C=O) groups excluding carboxylic acids is 2. The number of aromatic nitrogens is 11. The fourth-order valence-electron chi connectivity index (χ4n) is 11.9. The van der Waals surface area contributed by atoms with Gasteiger partial charge >= 0.3 is 12.1 Å². The Balaban J connectivity index is 0.000000142. The summed E-state index contributed by atoms with van der Waals surface area (Å²) in [6.07, 6.45) is 21.1. The largest absolute Gasteiger partial charge is 0.382 e. The van der Waals surface area contributed by atoms with Gasteiger partial charge in [-0.15, -0.1) is 17.4 Å². The zero-order valence-corrected chi connectivity index (χ0v) is 46.6. The van der Waals surface area contributed by atoms with Crippen molar-refractivity contribution in [1.29, 1.82) is 0 Å². The number of nitrogens with zero attached hydrogens (tertiary/aromatic N) is 14.